The lowest BCUT2D eigenvalue weighted by molar-refractivity contribution is -0.141. The summed E-state index contributed by atoms with van der Waals surface area (Å²) < 4.78 is 1.92. The molecule has 122 valence electrons. The minimum atomic E-state index is -0.773. The molecule has 1 aliphatic rings. The number of nitrogens with zero attached hydrogens (tertiary/aromatic N) is 2. The van der Waals surface area contributed by atoms with Crippen molar-refractivity contribution in [2.75, 3.05) is 0 Å². The minimum absolute atomic E-state index is 0.0628. The number of aromatic nitrogens is 2. The maximum absolute atomic E-state index is 12.3. The van der Waals surface area contributed by atoms with E-state index in [2.05, 4.69) is 24.3 Å². The number of carbonyl (C=O) groups is 2. The molecule has 6 nitrogen and oxygen atoms in total. The number of amides is 1. The molecule has 1 aromatic heterocycles. The zero-order chi connectivity index (χ0) is 16.3. The lowest BCUT2D eigenvalue weighted by atomic mass is 10.1. The first kappa shape index (κ1) is 16.5. The number of carboxylic acids is 1. The molecule has 22 heavy (non-hydrogen) atoms. The zero-order valence-electron chi connectivity index (χ0n) is 13.5. The maximum atomic E-state index is 12.3. The second-order valence-electron chi connectivity index (χ2n) is 6.10. The summed E-state index contributed by atoms with van der Waals surface area (Å²) in [7, 11) is 0. The highest BCUT2D eigenvalue weighted by Gasteiger charge is 2.31. The van der Waals surface area contributed by atoms with E-state index in [0.29, 0.717) is 24.6 Å². The van der Waals surface area contributed by atoms with Gasteiger partial charge < -0.3 is 10.4 Å². The molecular weight excluding hydrogens is 282 g/mol. The third-order valence-electron chi connectivity index (χ3n) is 4.56. The number of aliphatic carboxylic acids is 1. The summed E-state index contributed by atoms with van der Waals surface area (Å²) in [6.45, 7) is 6.18. The van der Waals surface area contributed by atoms with Gasteiger partial charge >= 0.3 is 5.97 Å². The number of hydrogen-bond donors (Lipinski definition) is 2. The molecule has 1 aromatic rings. The van der Waals surface area contributed by atoms with Crippen molar-refractivity contribution in [3.8, 4) is 0 Å². The molecule has 6 heteroatoms. The number of hydrogen-bond acceptors (Lipinski definition) is 3. The number of carboxylic acid groups (broad SMARTS) is 1. The van der Waals surface area contributed by atoms with E-state index in [9.17, 15) is 9.59 Å². The fraction of sp³-hybridized carbons (Fsp3) is 0.688. The fourth-order valence-electron chi connectivity index (χ4n) is 3.20. The maximum Gasteiger partial charge on any atom is 0.306 e. The van der Waals surface area contributed by atoms with Gasteiger partial charge in [-0.2, -0.15) is 5.10 Å². The predicted molar refractivity (Wildman–Crippen MR) is 82.8 cm³/mol. The van der Waals surface area contributed by atoms with Crippen LogP contribution in [0.5, 0.6) is 0 Å². The molecule has 1 saturated carbocycles. The largest absolute Gasteiger partial charge is 0.481 e. The van der Waals surface area contributed by atoms with E-state index in [4.69, 9.17) is 5.11 Å². The Labute approximate surface area is 130 Å². The van der Waals surface area contributed by atoms with Crippen LogP contribution >= 0.6 is 0 Å². The molecule has 2 atom stereocenters. The number of carbonyl (C=O) groups excluding carboxylic acids is 1. The summed E-state index contributed by atoms with van der Waals surface area (Å²) in [5.41, 5.74) is 1.40. The lowest BCUT2D eigenvalue weighted by Gasteiger charge is -2.15. The van der Waals surface area contributed by atoms with Gasteiger partial charge in [0.25, 0.3) is 5.91 Å². The molecule has 1 heterocycles. The van der Waals surface area contributed by atoms with Crippen LogP contribution in [0.3, 0.4) is 0 Å². The van der Waals surface area contributed by atoms with Crippen molar-refractivity contribution in [2.24, 2.45) is 5.92 Å². The van der Waals surface area contributed by atoms with Gasteiger partial charge in [-0.05, 0) is 45.1 Å². The van der Waals surface area contributed by atoms with Gasteiger partial charge in [0.15, 0.2) is 0 Å². The summed E-state index contributed by atoms with van der Waals surface area (Å²) in [6.07, 6.45) is 3.80. The van der Waals surface area contributed by atoms with Crippen LogP contribution in [0.2, 0.25) is 0 Å². The van der Waals surface area contributed by atoms with Crippen molar-refractivity contribution >= 4 is 11.9 Å². The van der Waals surface area contributed by atoms with Crippen molar-refractivity contribution in [3.63, 3.8) is 0 Å². The van der Waals surface area contributed by atoms with Gasteiger partial charge in [-0.1, -0.05) is 13.8 Å². The second-order valence-corrected chi connectivity index (χ2v) is 6.10. The summed E-state index contributed by atoms with van der Waals surface area (Å²) in [5, 5.41) is 16.4. The van der Waals surface area contributed by atoms with E-state index in [1.807, 2.05) is 11.6 Å². The molecular formula is C16H25N3O3. The number of rotatable bonds is 6. The Balaban J connectivity index is 2.02. The first-order valence-corrected chi connectivity index (χ1v) is 8.06. The normalized spacial score (nSPS) is 21.3. The van der Waals surface area contributed by atoms with Crippen molar-refractivity contribution in [1.82, 2.24) is 15.1 Å². The molecule has 0 aliphatic heterocycles. The smallest absolute Gasteiger partial charge is 0.306 e. The van der Waals surface area contributed by atoms with Crippen LogP contribution in [0.4, 0.5) is 0 Å². The van der Waals surface area contributed by atoms with Gasteiger partial charge in [0, 0.05) is 11.7 Å². The summed E-state index contributed by atoms with van der Waals surface area (Å²) >= 11 is 0. The van der Waals surface area contributed by atoms with Crippen LogP contribution in [-0.4, -0.2) is 32.8 Å². The molecule has 0 radical (unpaired) electrons. The van der Waals surface area contributed by atoms with Crippen molar-refractivity contribution in [3.05, 3.63) is 17.5 Å². The molecule has 1 fully saturated rings. The molecule has 1 amide bonds. The van der Waals surface area contributed by atoms with Gasteiger partial charge in [-0.3, -0.25) is 14.3 Å². The molecule has 0 bridgehead atoms. The monoisotopic (exact) mass is 307 g/mol. The van der Waals surface area contributed by atoms with Gasteiger partial charge in [-0.15, -0.1) is 0 Å². The molecule has 2 rings (SSSR count). The Kier molecular flexibility index (Phi) is 5.21. The van der Waals surface area contributed by atoms with E-state index in [0.717, 1.165) is 25.0 Å². The molecule has 0 aromatic carbocycles. The Hall–Kier alpha value is -1.85. The van der Waals surface area contributed by atoms with Crippen molar-refractivity contribution in [1.29, 1.82) is 0 Å². The zero-order valence-corrected chi connectivity index (χ0v) is 13.5. The van der Waals surface area contributed by atoms with E-state index >= 15 is 0 Å². The summed E-state index contributed by atoms with van der Waals surface area (Å²) in [4.78, 5) is 23.3. The molecule has 1 aliphatic carbocycles. The van der Waals surface area contributed by atoms with Crippen LogP contribution in [0.25, 0.3) is 0 Å². The average molecular weight is 307 g/mol. The Bertz CT molecular complexity index is 549. The Morgan fingerprint density at radius 2 is 2.09 bits per heavy atom. The van der Waals surface area contributed by atoms with Crippen LogP contribution < -0.4 is 5.32 Å². The van der Waals surface area contributed by atoms with E-state index < -0.39 is 5.97 Å². The third-order valence-corrected chi connectivity index (χ3v) is 4.56. The minimum Gasteiger partial charge on any atom is -0.481 e. The van der Waals surface area contributed by atoms with Gasteiger partial charge in [-0.25, -0.2) is 0 Å². The van der Waals surface area contributed by atoms with Crippen LogP contribution in [0.1, 0.15) is 68.2 Å². The predicted octanol–water partition coefficient (Wildman–Crippen LogP) is 2.54. The van der Waals surface area contributed by atoms with E-state index in [1.165, 1.54) is 0 Å². The van der Waals surface area contributed by atoms with Crippen molar-refractivity contribution in [2.45, 2.75) is 65.0 Å². The van der Waals surface area contributed by atoms with Crippen LogP contribution in [0, 0.1) is 12.8 Å². The quantitative estimate of drug-likeness (QED) is 0.846. The van der Waals surface area contributed by atoms with Crippen LogP contribution in [0.15, 0.2) is 6.07 Å². The third kappa shape index (κ3) is 3.48. The Morgan fingerprint density at radius 1 is 1.41 bits per heavy atom. The number of aryl methyl sites for hydroxylation is 1. The second kappa shape index (κ2) is 6.94. The lowest BCUT2D eigenvalue weighted by Crippen LogP contribution is -2.33. The van der Waals surface area contributed by atoms with Gasteiger partial charge in [0.2, 0.25) is 0 Å². The van der Waals surface area contributed by atoms with Gasteiger partial charge in [0.1, 0.15) is 5.69 Å². The SMILES string of the molecule is CCC(CC)n1nc(C(=O)N[C@H]2CC[C@@H](C(=O)O)C2)cc1C. The standard InChI is InChI=1S/C16H25N3O3/c1-4-13(5-2)19-10(3)8-14(18-19)15(20)17-12-7-6-11(9-12)16(21)22/h8,11-13H,4-7,9H2,1-3H3,(H,17,20)(H,21,22)/t11-,12+/m1/s1. The average Bonchev–Trinajstić information content (AvgIpc) is 3.08. The first-order valence-electron chi connectivity index (χ1n) is 8.06. The molecule has 0 saturated heterocycles. The van der Waals surface area contributed by atoms with E-state index in [-0.39, 0.29) is 17.9 Å². The molecule has 0 spiro atoms. The Morgan fingerprint density at radius 3 is 2.64 bits per heavy atom. The van der Waals surface area contributed by atoms with Crippen molar-refractivity contribution < 1.29 is 14.7 Å². The number of nitrogens with one attached hydrogen (secondary N) is 1. The highest BCUT2D eigenvalue weighted by molar-refractivity contribution is 5.92. The first-order chi connectivity index (χ1) is 10.5. The van der Waals surface area contributed by atoms with Crippen LogP contribution in [-0.2, 0) is 4.79 Å². The highest BCUT2D eigenvalue weighted by Crippen LogP contribution is 2.26. The molecule has 2 N–H and O–H groups in total. The highest BCUT2D eigenvalue weighted by atomic mass is 16.4. The molecule has 0 unspecified atom stereocenters. The van der Waals surface area contributed by atoms with Gasteiger partial charge in [0.05, 0.1) is 12.0 Å². The van der Waals surface area contributed by atoms with E-state index in [1.54, 1.807) is 6.07 Å². The summed E-state index contributed by atoms with van der Waals surface area (Å²) in [6, 6.07) is 2.05. The summed E-state index contributed by atoms with van der Waals surface area (Å²) in [5.74, 6) is -1.32. The fourth-order valence-corrected chi connectivity index (χ4v) is 3.20. The topological polar surface area (TPSA) is 84.2 Å².